The molecular formula is C26H27N3O5S. The highest BCUT2D eigenvalue weighted by atomic mass is 32.1. The summed E-state index contributed by atoms with van der Waals surface area (Å²) < 4.78 is 5.53. The number of carbonyl (C=O) groups is 3. The zero-order valence-electron chi connectivity index (χ0n) is 19.3. The molecule has 0 radical (unpaired) electrons. The molecule has 0 fully saturated rings. The number of anilines is 1. The summed E-state index contributed by atoms with van der Waals surface area (Å²) in [5.74, 6) is -1.29. The lowest BCUT2D eigenvalue weighted by Gasteiger charge is -2.15. The highest BCUT2D eigenvalue weighted by molar-refractivity contribution is 7.13. The number of carboxylic acids is 1. The monoisotopic (exact) mass is 493 g/mol. The molecule has 35 heavy (non-hydrogen) atoms. The Bertz CT molecular complexity index is 1180. The van der Waals surface area contributed by atoms with Gasteiger partial charge >= 0.3 is 12.1 Å². The van der Waals surface area contributed by atoms with Crippen molar-refractivity contribution in [1.29, 1.82) is 0 Å². The Kier molecular flexibility index (Phi) is 7.77. The summed E-state index contributed by atoms with van der Waals surface area (Å²) in [6.07, 6.45) is 0.627. The lowest BCUT2D eigenvalue weighted by Crippen LogP contribution is -2.37. The van der Waals surface area contributed by atoms with Gasteiger partial charge in [-0.05, 0) is 28.7 Å². The Labute approximate surface area is 207 Å². The number of rotatable bonds is 10. The van der Waals surface area contributed by atoms with Gasteiger partial charge in [0.1, 0.15) is 6.61 Å². The minimum Gasteiger partial charge on any atom is -0.481 e. The molecule has 0 saturated heterocycles. The molecule has 1 aromatic heterocycles. The van der Waals surface area contributed by atoms with Crippen LogP contribution in [0, 0.1) is 0 Å². The van der Waals surface area contributed by atoms with Gasteiger partial charge in [-0.15, -0.1) is 11.3 Å². The number of amides is 2. The zero-order chi connectivity index (χ0) is 24.8. The van der Waals surface area contributed by atoms with Gasteiger partial charge in [-0.25, -0.2) is 9.78 Å². The van der Waals surface area contributed by atoms with Crippen LogP contribution in [-0.4, -0.2) is 40.7 Å². The van der Waals surface area contributed by atoms with Crippen LogP contribution in [0.25, 0.3) is 11.1 Å². The molecule has 1 aliphatic rings. The molecule has 182 valence electrons. The summed E-state index contributed by atoms with van der Waals surface area (Å²) >= 11 is 1.20. The van der Waals surface area contributed by atoms with Gasteiger partial charge in [0.25, 0.3) is 0 Å². The second-order valence-electron chi connectivity index (χ2n) is 8.42. The van der Waals surface area contributed by atoms with Crippen LogP contribution < -0.4 is 10.6 Å². The van der Waals surface area contributed by atoms with Gasteiger partial charge in [0.15, 0.2) is 5.13 Å². The zero-order valence-corrected chi connectivity index (χ0v) is 20.1. The fourth-order valence-electron chi connectivity index (χ4n) is 4.40. The average molecular weight is 494 g/mol. The van der Waals surface area contributed by atoms with Crippen molar-refractivity contribution >= 4 is 34.4 Å². The number of hydrogen-bond donors (Lipinski definition) is 3. The number of aromatic nitrogens is 1. The lowest BCUT2D eigenvalue weighted by molar-refractivity contribution is -0.137. The maximum atomic E-state index is 12.4. The van der Waals surface area contributed by atoms with E-state index in [1.165, 1.54) is 11.3 Å². The largest absolute Gasteiger partial charge is 0.481 e. The van der Waals surface area contributed by atoms with E-state index >= 15 is 0 Å². The second kappa shape index (κ2) is 11.1. The molecule has 3 aromatic rings. The first-order valence-corrected chi connectivity index (χ1v) is 12.4. The first-order valence-electron chi connectivity index (χ1n) is 11.5. The van der Waals surface area contributed by atoms with Crippen LogP contribution in [0.3, 0.4) is 0 Å². The molecule has 3 N–H and O–H groups in total. The fourth-order valence-corrected chi connectivity index (χ4v) is 5.09. The maximum Gasteiger partial charge on any atom is 0.413 e. The van der Waals surface area contributed by atoms with Crippen LogP contribution >= 0.6 is 11.3 Å². The smallest absolute Gasteiger partial charge is 0.413 e. The summed E-state index contributed by atoms with van der Waals surface area (Å²) in [5.41, 5.74) is 5.07. The molecule has 1 heterocycles. The Hall–Kier alpha value is -3.72. The quantitative estimate of drug-likeness (QED) is 0.373. The Morgan fingerprint density at radius 2 is 1.74 bits per heavy atom. The van der Waals surface area contributed by atoms with E-state index in [2.05, 4.69) is 39.9 Å². The Morgan fingerprint density at radius 3 is 2.37 bits per heavy atom. The van der Waals surface area contributed by atoms with Crippen LogP contribution in [0.2, 0.25) is 0 Å². The number of carboxylic acid groups (broad SMARTS) is 1. The summed E-state index contributed by atoms with van der Waals surface area (Å²) in [5, 5.41) is 16.4. The number of hydrogen-bond acceptors (Lipinski definition) is 6. The van der Waals surface area contributed by atoms with E-state index in [-0.39, 0.29) is 31.3 Å². The molecule has 0 saturated carbocycles. The number of benzene rings is 2. The first-order chi connectivity index (χ1) is 16.9. The standard InChI is InChI=1S/C26H27N3O5S/c1-2-7-16(13-24(31)32)27-23(30)12-17-15-35-25(28-17)29-26(33)34-14-22-20-10-5-3-8-18(20)19-9-4-6-11-21(19)22/h3-6,8-11,15-16,22H,2,7,12-14H2,1H3,(H,27,30)(H,31,32)(H,28,29,33)/t16-/m1/s1. The maximum absolute atomic E-state index is 12.4. The molecular weight excluding hydrogens is 466 g/mol. The number of nitrogens with zero attached hydrogens (tertiary/aromatic N) is 1. The van der Waals surface area contributed by atoms with Gasteiger partial charge in [0.05, 0.1) is 18.5 Å². The van der Waals surface area contributed by atoms with Gasteiger partial charge in [0.2, 0.25) is 5.91 Å². The summed E-state index contributed by atoms with van der Waals surface area (Å²) in [6.45, 7) is 2.13. The second-order valence-corrected chi connectivity index (χ2v) is 9.28. The SMILES string of the molecule is CCC[C@H](CC(=O)O)NC(=O)Cc1csc(NC(=O)OCC2c3ccccc3-c3ccccc32)n1. The molecule has 2 aromatic carbocycles. The number of thiazole rings is 1. The highest BCUT2D eigenvalue weighted by Gasteiger charge is 2.29. The topological polar surface area (TPSA) is 118 Å². The third-order valence-corrected chi connectivity index (χ3v) is 6.68. The predicted octanol–water partition coefficient (Wildman–Crippen LogP) is 4.81. The molecule has 1 atom stereocenters. The third-order valence-electron chi connectivity index (χ3n) is 5.87. The fraction of sp³-hybridized carbons (Fsp3) is 0.308. The predicted molar refractivity (Wildman–Crippen MR) is 134 cm³/mol. The molecule has 0 aliphatic heterocycles. The number of aliphatic carboxylic acids is 1. The molecule has 0 bridgehead atoms. The van der Waals surface area contributed by atoms with Gasteiger partial charge in [-0.2, -0.15) is 0 Å². The third kappa shape index (κ3) is 6.05. The number of carbonyl (C=O) groups excluding carboxylic acids is 2. The molecule has 0 unspecified atom stereocenters. The molecule has 0 spiro atoms. The summed E-state index contributed by atoms with van der Waals surface area (Å²) in [4.78, 5) is 40.0. The Balaban J connectivity index is 1.30. The molecule has 4 rings (SSSR count). The molecule has 2 amide bonds. The van der Waals surface area contributed by atoms with E-state index in [1.807, 2.05) is 31.2 Å². The van der Waals surface area contributed by atoms with Crippen LogP contribution in [0.5, 0.6) is 0 Å². The van der Waals surface area contributed by atoms with Crippen molar-refractivity contribution in [3.8, 4) is 11.1 Å². The normalized spacial score (nSPS) is 12.9. The molecule has 1 aliphatic carbocycles. The van der Waals surface area contributed by atoms with E-state index in [9.17, 15) is 14.4 Å². The van der Waals surface area contributed by atoms with Gasteiger partial charge < -0.3 is 15.2 Å². The van der Waals surface area contributed by atoms with E-state index in [4.69, 9.17) is 9.84 Å². The number of fused-ring (bicyclic) bond motifs is 3. The van der Waals surface area contributed by atoms with Crippen molar-refractivity contribution < 1.29 is 24.2 Å². The summed E-state index contributed by atoms with van der Waals surface area (Å²) in [7, 11) is 0. The number of nitrogens with one attached hydrogen (secondary N) is 2. The highest BCUT2D eigenvalue weighted by Crippen LogP contribution is 2.44. The summed E-state index contributed by atoms with van der Waals surface area (Å²) in [6, 6.07) is 15.8. The number of ether oxygens (including phenoxy) is 1. The van der Waals surface area contributed by atoms with Crippen molar-refractivity contribution in [2.75, 3.05) is 11.9 Å². The van der Waals surface area contributed by atoms with E-state index in [0.29, 0.717) is 17.2 Å². The van der Waals surface area contributed by atoms with Crippen LogP contribution in [0.1, 0.15) is 48.9 Å². The van der Waals surface area contributed by atoms with E-state index < -0.39 is 18.1 Å². The molecule has 9 heteroatoms. The van der Waals surface area contributed by atoms with Crippen molar-refractivity contribution in [2.45, 2.75) is 44.6 Å². The van der Waals surface area contributed by atoms with Crippen LogP contribution in [0.4, 0.5) is 9.93 Å². The minimum absolute atomic E-state index is 0.00268. The van der Waals surface area contributed by atoms with Gasteiger partial charge in [-0.1, -0.05) is 61.9 Å². The average Bonchev–Trinajstić information content (AvgIpc) is 3.39. The Morgan fingerprint density at radius 1 is 1.09 bits per heavy atom. The minimum atomic E-state index is -0.952. The lowest BCUT2D eigenvalue weighted by atomic mass is 9.98. The van der Waals surface area contributed by atoms with Crippen molar-refractivity contribution in [2.24, 2.45) is 0 Å². The van der Waals surface area contributed by atoms with Crippen molar-refractivity contribution in [1.82, 2.24) is 10.3 Å². The first kappa shape index (κ1) is 24.4. The van der Waals surface area contributed by atoms with Crippen molar-refractivity contribution in [3.05, 3.63) is 70.7 Å². The van der Waals surface area contributed by atoms with Crippen LogP contribution in [0.15, 0.2) is 53.9 Å². The van der Waals surface area contributed by atoms with E-state index in [1.54, 1.807) is 5.38 Å². The molecule has 8 nitrogen and oxygen atoms in total. The van der Waals surface area contributed by atoms with Gasteiger partial charge in [0, 0.05) is 17.3 Å². The van der Waals surface area contributed by atoms with Gasteiger partial charge in [-0.3, -0.25) is 14.9 Å². The van der Waals surface area contributed by atoms with Crippen LogP contribution in [-0.2, 0) is 20.7 Å². The van der Waals surface area contributed by atoms with Crippen molar-refractivity contribution in [3.63, 3.8) is 0 Å². The van der Waals surface area contributed by atoms with E-state index in [0.717, 1.165) is 28.7 Å².